The Hall–Kier alpha value is -0.510. The smallest absolute Gasteiger partial charge is 0.252 e. The zero-order valence-corrected chi connectivity index (χ0v) is 17.0. The first-order chi connectivity index (χ1) is 11.0. The molecular weight excluding hydrogens is 386 g/mol. The van der Waals surface area contributed by atoms with E-state index in [-0.39, 0.29) is 18.4 Å². The lowest BCUT2D eigenvalue weighted by atomic mass is 10.2. The van der Waals surface area contributed by atoms with Crippen molar-refractivity contribution in [2.24, 2.45) is 0 Å². The third kappa shape index (κ3) is 4.00. The first-order valence-electron chi connectivity index (χ1n) is 7.77. The van der Waals surface area contributed by atoms with E-state index in [4.69, 9.17) is 0 Å². The molecule has 1 atom stereocenters. The van der Waals surface area contributed by atoms with E-state index in [0.717, 1.165) is 41.5 Å². The Bertz CT molecular complexity index is 767. The van der Waals surface area contributed by atoms with Crippen LogP contribution in [0.15, 0.2) is 21.7 Å². The maximum atomic E-state index is 13.0. The number of nitrogens with one attached hydrogen (secondary N) is 1. The average molecular weight is 408 g/mol. The Morgan fingerprint density at radius 1 is 1.42 bits per heavy atom. The Morgan fingerprint density at radius 2 is 2.21 bits per heavy atom. The molecular formula is C15H22ClN3O2S3. The fraction of sp³-hybridized carbons (Fsp3) is 0.533. The second kappa shape index (κ2) is 8.25. The van der Waals surface area contributed by atoms with Crippen LogP contribution < -0.4 is 5.32 Å². The van der Waals surface area contributed by atoms with E-state index in [1.54, 1.807) is 21.7 Å². The highest BCUT2D eigenvalue weighted by molar-refractivity contribution is 7.91. The summed E-state index contributed by atoms with van der Waals surface area (Å²) in [6.45, 7) is 6.16. The molecule has 134 valence electrons. The van der Waals surface area contributed by atoms with E-state index in [2.05, 4.69) is 10.3 Å². The van der Waals surface area contributed by atoms with E-state index in [1.165, 1.54) is 11.3 Å². The second-order valence-corrected chi connectivity index (χ2v) is 9.90. The molecule has 3 heterocycles. The summed E-state index contributed by atoms with van der Waals surface area (Å²) in [4.78, 5) is 5.36. The third-order valence-corrected chi connectivity index (χ3v) is 8.20. The van der Waals surface area contributed by atoms with Gasteiger partial charge in [-0.1, -0.05) is 6.92 Å². The molecule has 1 N–H and O–H groups in total. The fourth-order valence-electron chi connectivity index (χ4n) is 2.79. The van der Waals surface area contributed by atoms with Crippen LogP contribution in [-0.2, 0) is 10.0 Å². The Kier molecular flexibility index (Phi) is 6.81. The fourth-order valence-corrected chi connectivity index (χ4v) is 6.62. The summed E-state index contributed by atoms with van der Waals surface area (Å²) >= 11 is 2.89. The number of aryl methyl sites for hydroxylation is 1. The number of hydrogen-bond donors (Lipinski definition) is 1. The highest BCUT2D eigenvalue weighted by atomic mass is 35.5. The van der Waals surface area contributed by atoms with Gasteiger partial charge in [0.25, 0.3) is 10.0 Å². The largest absolute Gasteiger partial charge is 0.315 e. The Morgan fingerprint density at radius 3 is 2.79 bits per heavy atom. The molecule has 0 spiro atoms. The number of thiazole rings is 1. The number of hydrogen-bond acceptors (Lipinski definition) is 6. The van der Waals surface area contributed by atoms with Gasteiger partial charge >= 0.3 is 0 Å². The van der Waals surface area contributed by atoms with Gasteiger partial charge in [-0.15, -0.1) is 35.1 Å². The van der Waals surface area contributed by atoms with E-state index in [0.29, 0.717) is 10.8 Å². The molecule has 3 rings (SSSR count). The van der Waals surface area contributed by atoms with Crippen molar-refractivity contribution in [2.75, 3.05) is 19.6 Å². The van der Waals surface area contributed by atoms with E-state index >= 15 is 0 Å². The van der Waals surface area contributed by atoms with Gasteiger partial charge < -0.3 is 5.32 Å². The molecule has 2 aromatic heterocycles. The minimum atomic E-state index is -3.44. The predicted octanol–water partition coefficient (Wildman–Crippen LogP) is 3.36. The molecule has 0 aromatic carbocycles. The van der Waals surface area contributed by atoms with Crippen molar-refractivity contribution in [3.05, 3.63) is 22.5 Å². The quantitative estimate of drug-likeness (QED) is 0.797. The predicted molar refractivity (Wildman–Crippen MR) is 103 cm³/mol. The van der Waals surface area contributed by atoms with Crippen LogP contribution in [0.4, 0.5) is 0 Å². The highest BCUT2D eigenvalue weighted by Gasteiger charge is 2.33. The van der Waals surface area contributed by atoms with Gasteiger partial charge in [0.1, 0.15) is 4.21 Å². The van der Waals surface area contributed by atoms with Crippen LogP contribution in [-0.4, -0.2) is 43.4 Å². The molecule has 0 aliphatic carbocycles. The number of sulfonamides is 1. The van der Waals surface area contributed by atoms with Crippen LogP contribution >= 0.6 is 35.1 Å². The number of rotatable bonds is 6. The normalized spacial score (nSPS) is 18.0. The Balaban J connectivity index is 0.00000208. The minimum Gasteiger partial charge on any atom is -0.315 e. The van der Waals surface area contributed by atoms with Gasteiger partial charge in [0.15, 0.2) is 0 Å². The molecule has 0 radical (unpaired) electrons. The van der Waals surface area contributed by atoms with E-state index < -0.39 is 10.0 Å². The topological polar surface area (TPSA) is 62.3 Å². The number of thiophene rings is 1. The lowest BCUT2D eigenvalue weighted by Gasteiger charge is -2.26. The van der Waals surface area contributed by atoms with E-state index in [9.17, 15) is 8.42 Å². The number of aromatic nitrogens is 1. The summed E-state index contributed by atoms with van der Waals surface area (Å²) in [5.41, 5.74) is 0.864. The standard InChI is InChI=1S/C15H21N3O2S3.ClH/c1-3-8-18(12-6-7-16-9-12)23(19,20)15-5-4-14(22-15)13-10-21-11(2)17-13;/h4-5,10,12,16H,3,6-9H2,1-2H3;1H. The van der Waals surface area contributed by atoms with Crippen molar-refractivity contribution in [1.82, 2.24) is 14.6 Å². The van der Waals surface area contributed by atoms with Crippen LogP contribution in [0.25, 0.3) is 10.6 Å². The van der Waals surface area contributed by atoms with Gasteiger partial charge in [-0.3, -0.25) is 0 Å². The Labute approximate surface area is 157 Å². The average Bonchev–Trinajstić information content (AvgIpc) is 3.24. The first kappa shape index (κ1) is 19.8. The van der Waals surface area contributed by atoms with Gasteiger partial charge in [-0.2, -0.15) is 4.31 Å². The maximum absolute atomic E-state index is 13.0. The van der Waals surface area contributed by atoms with Gasteiger partial charge in [0.2, 0.25) is 0 Å². The monoisotopic (exact) mass is 407 g/mol. The molecule has 1 unspecified atom stereocenters. The molecule has 24 heavy (non-hydrogen) atoms. The third-order valence-electron chi connectivity index (χ3n) is 3.90. The molecule has 5 nitrogen and oxygen atoms in total. The summed E-state index contributed by atoms with van der Waals surface area (Å²) in [6.07, 6.45) is 1.70. The van der Waals surface area contributed by atoms with Crippen LogP contribution in [0, 0.1) is 6.92 Å². The lowest BCUT2D eigenvalue weighted by Crippen LogP contribution is -2.41. The summed E-state index contributed by atoms with van der Waals surface area (Å²) < 4.78 is 28.2. The van der Waals surface area contributed by atoms with Crippen LogP contribution in [0.1, 0.15) is 24.8 Å². The van der Waals surface area contributed by atoms with Crippen molar-refractivity contribution >= 4 is 45.1 Å². The summed E-state index contributed by atoms with van der Waals surface area (Å²) in [7, 11) is -3.44. The maximum Gasteiger partial charge on any atom is 0.252 e. The molecule has 1 aliphatic rings. The van der Waals surface area contributed by atoms with Gasteiger partial charge in [0.05, 0.1) is 15.6 Å². The van der Waals surface area contributed by atoms with Gasteiger partial charge in [-0.05, 0) is 38.4 Å². The van der Waals surface area contributed by atoms with Crippen molar-refractivity contribution < 1.29 is 8.42 Å². The van der Waals surface area contributed by atoms with Crippen LogP contribution in [0.2, 0.25) is 0 Å². The zero-order valence-electron chi connectivity index (χ0n) is 13.7. The van der Waals surface area contributed by atoms with Crippen molar-refractivity contribution in [2.45, 2.75) is 36.9 Å². The SMILES string of the molecule is CCCN(C1CCNC1)S(=O)(=O)c1ccc(-c2csc(C)n2)s1.Cl. The minimum absolute atomic E-state index is 0. The van der Waals surface area contributed by atoms with Crippen molar-refractivity contribution in [1.29, 1.82) is 0 Å². The number of halogens is 1. The van der Waals surface area contributed by atoms with Gasteiger partial charge in [-0.25, -0.2) is 13.4 Å². The molecule has 0 bridgehead atoms. The summed E-state index contributed by atoms with van der Waals surface area (Å²) in [6, 6.07) is 3.64. The van der Waals surface area contributed by atoms with Crippen LogP contribution in [0.3, 0.4) is 0 Å². The van der Waals surface area contributed by atoms with Crippen LogP contribution in [0.5, 0.6) is 0 Å². The molecule has 2 aromatic rings. The first-order valence-corrected chi connectivity index (χ1v) is 10.9. The molecule has 1 fully saturated rings. The van der Waals surface area contributed by atoms with Crippen molar-refractivity contribution in [3.63, 3.8) is 0 Å². The molecule has 1 aliphatic heterocycles. The second-order valence-electron chi connectivity index (χ2n) is 5.63. The molecule has 0 amide bonds. The zero-order chi connectivity index (χ0) is 16.4. The molecule has 1 saturated heterocycles. The summed E-state index contributed by atoms with van der Waals surface area (Å²) in [5.74, 6) is 0. The molecule has 9 heteroatoms. The van der Waals surface area contributed by atoms with Gasteiger partial charge in [0, 0.05) is 24.5 Å². The van der Waals surface area contributed by atoms with E-state index in [1.807, 2.05) is 25.3 Å². The summed E-state index contributed by atoms with van der Waals surface area (Å²) in [5, 5.41) is 6.22. The number of nitrogens with zero attached hydrogens (tertiary/aromatic N) is 2. The highest BCUT2D eigenvalue weighted by Crippen LogP contribution is 2.33. The lowest BCUT2D eigenvalue weighted by molar-refractivity contribution is 0.336. The van der Waals surface area contributed by atoms with Crippen molar-refractivity contribution in [3.8, 4) is 10.6 Å². The molecule has 0 saturated carbocycles.